The summed E-state index contributed by atoms with van der Waals surface area (Å²) in [7, 11) is 0. The highest BCUT2D eigenvalue weighted by Crippen LogP contribution is 2.30. The van der Waals surface area contributed by atoms with Gasteiger partial charge in [0.1, 0.15) is 5.75 Å². The van der Waals surface area contributed by atoms with E-state index in [9.17, 15) is 0 Å². The molecule has 0 unspecified atom stereocenters. The lowest BCUT2D eigenvalue weighted by atomic mass is 10.1. The minimum absolute atomic E-state index is 0.250. The van der Waals surface area contributed by atoms with Crippen LogP contribution in [-0.2, 0) is 0 Å². The molecule has 0 saturated carbocycles. The van der Waals surface area contributed by atoms with Crippen LogP contribution in [0.25, 0.3) is 0 Å². The minimum Gasteiger partial charge on any atom is -0.491 e. The van der Waals surface area contributed by atoms with Crippen LogP contribution in [-0.4, -0.2) is 12.6 Å². The van der Waals surface area contributed by atoms with Crippen LogP contribution in [0.5, 0.6) is 5.75 Å². The average molecular weight is 177 g/mol. The second-order valence-electron chi connectivity index (χ2n) is 3.67. The van der Waals surface area contributed by atoms with Crippen LogP contribution in [0.3, 0.4) is 0 Å². The fourth-order valence-electron chi connectivity index (χ4n) is 1.41. The monoisotopic (exact) mass is 177 g/mol. The summed E-state index contributed by atoms with van der Waals surface area (Å²) in [6.45, 7) is 5.19. The first-order chi connectivity index (χ1) is 6.27. The summed E-state index contributed by atoms with van der Waals surface area (Å²) in [6, 6.07) is 8.76. The Morgan fingerprint density at radius 3 is 2.69 bits per heavy atom. The van der Waals surface area contributed by atoms with Gasteiger partial charge in [0.2, 0.25) is 0 Å². The molecule has 0 amide bonds. The maximum atomic E-state index is 5.71. The summed E-state index contributed by atoms with van der Waals surface area (Å²) >= 11 is 0. The van der Waals surface area contributed by atoms with E-state index < -0.39 is 0 Å². The van der Waals surface area contributed by atoms with Gasteiger partial charge in [0, 0.05) is 18.2 Å². The number of rotatable bonds is 3. The van der Waals surface area contributed by atoms with Crippen molar-refractivity contribution in [2.75, 3.05) is 6.54 Å². The maximum absolute atomic E-state index is 5.71. The zero-order chi connectivity index (χ0) is 9.26. The molecule has 1 N–H and O–H groups in total. The molecule has 2 rings (SSSR count). The second kappa shape index (κ2) is 3.38. The molecule has 1 aliphatic rings. The van der Waals surface area contributed by atoms with E-state index >= 15 is 0 Å². The Balaban J connectivity index is 2.21. The smallest absolute Gasteiger partial charge is 0.124 e. The van der Waals surface area contributed by atoms with E-state index in [0.29, 0.717) is 6.04 Å². The fraction of sp³-hybridized carbons (Fsp3) is 0.455. The Morgan fingerprint density at radius 2 is 2.08 bits per heavy atom. The van der Waals surface area contributed by atoms with Crippen molar-refractivity contribution < 1.29 is 4.74 Å². The predicted molar refractivity (Wildman–Crippen MR) is 52.9 cm³/mol. The van der Waals surface area contributed by atoms with E-state index in [1.807, 2.05) is 12.1 Å². The summed E-state index contributed by atoms with van der Waals surface area (Å²) in [6.07, 6.45) is 0.250. The third-order valence-corrected chi connectivity index (χ3v) is 2.07. The molecule has 0 spiro atoms. The number of hydrogen-bond acceptors (Lipinski definition) is 2. The third kappa shape index (κ3) is 2.01. The highest BCUT2D eigenvalue weighted by molar-refractivity contribution is 5.38. The maximum Gasteiger partial charge on any atom is 0.124 e. The van der Waals surface area contributed by atoms with Gasteiger partial charge in [-0.1, -0.05) is 18.2 Å². The lowest BCUT2D eigenvalue weighted by Crippen LogP contribution is -2.07. The van der Waals surface area contributed by atoms with Gasteiger partial charge in [0.05, 0.1) is 6.10 Å². The van der Waals surface area contributed by atoms with Crippen molar-refractivity contribution >= 4 is 0 Å². The van der Waals surface area contributed by atoms with E-state index in [0.717, 1.165) is 12.3 Å². The first-order valence-corrected chi connectivity index (χ1v) is 4.76. The summed E-state index contributed by atoms with van der Waals surface area (Å²) in [4.78, 5) is 0. The highest BCUT2D eigenvalue weighted by Gasteiger charge is 2.25. The van der Waals surface area contributed by atoms with Gasteiger partial charge in [0.25, 0.3) is 0 Å². The molecule has 2 heteroatoms. The van der Waals surface area contributed by atoms with Crippen molar-refractivity contribution in [2.45, 2.75) is 26.0 Å². The van der Waals surface area contributed by atoms with Crippen LogP contribution in [0, 0.1) is 0 Å². The molecule has 0 radical (unpaired) electrons. The normalized spacial score (nSPS) is 20.4. The summed E-state index contributed by atoms with van der Waals surface area (Å²) < 4.78 is 5.71. The highest BCUT2D eigenvalue weighted by atomic mass is 16.5. The Labute approximate surface area is 78.9 Å². The molecule has 1 atom stereocenters. The SMILES string of the molecule is CC(C)Oc1ccccc1[C@H]1CN1. The zero-order valence-corrected chi connectivity index (χ0v) is 8.08. The molecule has 1 aromatic carbocycles. The second-order valence-corrected chi connectivity index (χ2v) is 3.67. The van der Waals surface area contributed by atoms with Gasteiger partial charge in [-0.25, -0.2) is 0 Å². The summed E-state index contributed by atoms with van der Waals surface area (Å²) in [5, 5.41) is 3.28. The largest absolute Gasteiger partial charge is 0.491 e. The van der Waals surface area contributed by atoms with Crippen molar-refractivity contribution in [2.24, 2.45) is 0 Å². The van der Waals surface area contributed by atoms with Crippen molar-refractivity contribution in [1.82, 2.24) is 5.32 Å². The number of nitrogens with one attached hydrogen (secondary N) is 1. The topological polar surface area (TPSA) is 31.2 Å². The molecule has 1 heterocycles. The van der Waals surface area contributed by atoms with Gasteiger partial charge >= 0.3 is 0 Å². The van der Waals surface area contributed by atoms with Crippen LogP contribution < -0.4 is 10.1 Å². The van der Waals surface area contributed by atoms with Crippen molar-refractivity contribution in [3.05, 3.63) is 29.8 Å². The zero-order valence-electron chi connectivity index (χ0n) is 8.08. The molecule has 13 heavy (non-hydrogen) atoms. The van der Waals surface area contributed by atoms with E-state index in [2.05, 4.69) is 31.3 Å². The molecule has 1 saturated heterocycles. The molecule has 1 aliphatic heterocycles. The van der Waals surface area contributed by atoms with E-state index in [4.69, 9.17) is 4.74 Å². The lowest BCUT2D eigenvalue weighted by Gasteiger charge is -2.12. The van der Waals surface area contributed by atoms with Crippen molar-refractivity contribution in [3.8, 4) is 5.75 Å². The van der Waals surface area contributed by atoms with E-state index in [-0.39, 0.29) is 6.10 Å². The van der Waals surface area contributed by atoms with E-state index in [1.54, 1.807) is 0 Å². The summed E-state index contributed by atoms with van der Waals surface area (Å²) in [5.41, 5.74) is 1.29. The van der Waals surface area contributed by atoms with Crippen molar-refractivity contribution in [3.63, 3.8) is 0 Å². The Kier molecular flexibility index (Phi) is 2.23. The van der Waals surface area contributed by atoms with Crippen LogP contribution in [0.1, 0.15) is 25.5 Å². The minimum atomic E-state index is 0.250. The predicted octanol–water partition coefficient (Wildman–Crippen LogP) is 2.12. The fourth-order valence-corrected chi connectivity index (χ4v) is 1.41. The van der Waals surface area contributed by atoms with Crippen LogP contribution in [0.2, 0.25) is 0 Å². The van der Waals surface area contributed by atoms with Crippen LogP contribution >= 0.6 is 0 Å². The van der Waals surface area contributed by atoms with Crippen LogP contribution in [0.15, 0.2) is 24.3 Å². The first-order valence-electron chi connectivity index (χ1n) is 4.76. The average Bonchev–Trinajstić information content (AvgIpc) is 2.87. The standard InChI is InChI=1S/C11H15NO/c1-8(2)13-11-6-4-3-5-9(11)10-7-12-10/h3-6,8,10,12H,7H2,1-2H3/t10-/m1/s1. The number of benzene rings is 1. The van der Waals surface area contributed by atoms with Gasteiger partial charge in [-0.15, -0.1) is 0 Å². The number of para-hydroxylation sites is 1. The molecule has 70 valence electrons. The third-order valence-electron chi connectivity index (χ3n) is 2.07. The quantitative estimate of drug-likeness (QED) is 0.717. The van der Waals surface area contributed by atoms with Gasteiger partial charge in [-0.2, -0.15) is 0 Å². The van der Waals surface area contributed by atoms with Gasteiger partial charge < -0.3 is 10.1 Å². The van der Waals surface area contributed by atoms with Crippen LogP contribution in [0.4, 0.5) is 0 Å². The Hall–Kier alpha value is -1.02. The molecular formula is C11H15NO. The molecule has 1 aromatic rings. The van der Waals surface area contributed by atoms with Crippen molar-refractivity contribution in [1.29, 1.82) is 0 Å². The molecule has 0 bridgehead atoms. The van der Waals surface area contributed by atoms with E-state index in [1.165, 1.54) is 5.56 Å². The van der Waals surface area contributed by atoms with Gasteiger partial charge in [-0.05, 0) is 19.9 Å². The molecule has 2 nitrogen and oxygen atoms in total. The van der Waals surface area contributed by atoms with Gasteiger partial charge in [-0.3, -0.25) is 0 Å². The lowest BCUT2D eigenvalue weighted by molar-refractivity contribution is 0.240. The first kappa shape index (κ1) is 8.57. The Bertz CT molecular complexity index is 292. The molecule has 1 fully saturated rings. The summed E-state index contributed by atoms with van der Waals surface area (Å²) in [5.74, 6) is 1.02. The molecule has 0 aromatic heterocycles. The number of ether oxygens (including phenoxy) is 1. The van der Waals surface area contributed by atoms with Gasteiger partial charge in [0.15, 0.2) is 0 Å². The Morgan fingerprint density at radius 1 is 1.38 bits per heavy atom. The number of hydrogen-bond donors (Lipinski definition) is 1. The molecular weight excluding hydrogens is 162 g/mol. The molecule has 0 aliphatic carbocycles.